The lowest BCUT2D eigenvalue weighted by molar-refractivity contribution is 0.415. The minimum atomic E-state index is 0.0972. The monoisotopic (exact) mass is 208 g/mol. The molecule has 15 heavy (non-hydrogen) atoms. The predicted molar refractivity (Wildman–Crippen MR) is 64.6 cm³/mol. The number of methoxy groups -OCH3 is 1. The van der Waals surface area contributed by atoms with Gasteiger partial charge in [-0.1, -0.05) is 0 Å². The first kappa shape index (κ1) is 11.9. The summed E-state index contributed by atoms with van der Waals surface area (Å²) >= 11 is 0. The molecule has 0 saturated heterocycles. The number of ether oxygens (including phenoxy) is 1. The molecule has 1 aromatic carbocycles. The van der Waals surface area contributed by atoms with Crippen LogP contribution in [0.5, 0.6) is 5.75 Å². The van der Waals surface area contributed by atoms with Crippen LogP contribution < -0.4 is 15.4 Å². The van der Waals surface area contributed by atoms with Crippen molar-refractivity contribution in [2.75, 3.05) is 26.0 Å². The second-order valence-electron chi connectivity index (χ2n) is 4.22. The Kier molecular flexibility index (Phi) is 3.97. The largest absolute Gasteiger partial charge is 0.497 e. The van der Waals surface area contributed by atoms with Gasteiger partial charge in [0.15, 0.2) is 0 Å². The SMILES string of the molecule is CNC(C)(C)CNc1ccc(OC)cc1. The van der Waals surface area contributed by atoms with E-state index in [1.165, 1.54) is 0 Å². The topological polar surface area (TPSA) is 33.3 Å². The summed E-state index contributed by atoms with van der Waals surface area (Å²) in [7, 11) is 3.64. The molecule has 0 aromatic heterocycles. The summed E-state index contributed by atoms with van der Waals surface area (Å²) in [6.45, 7) is 5.20. The Bertz CT molecular complexity index is 293. The molecule has 0 spiro atoms. The highest BCUT2D eigenvalue weighted by Gasteiger charge is 2.13. The van der Waals surface area contributed by atoms with Crippen molar-refractivity contribution in [1.29, 1.82) is 0 Å². The number of hydrogen-bond acceptors (Lipinski definition) is 3. The highest BCUT2D eigenvalue weighted by molar-refractivity contribution is 5.46. The molecule has 0 aliphatic rings. The molecule has 0 aliphatic carbocycles. The van der Waals surface area contributed by atoms with E-state index in [1.54, 1.807) is 7.11 Å². The second-order valence-corrected chi connectivity index (χ2v) is 4.22. The molecule has 0 fully saturated rings. The number of rotatable bonds is 5. The molecule has 0 unspecified atom stereocenters. The Morgan fingerprint density at radius 1 is 1.20 bits per heavy atom. The molecule has 0 atom stereocenters. The van der Waals surface area contributed by atoms with Gasteiger partial charge in [0.05, 0.1) is 7.11 Å². The predicted octanol–water partition coefficient (Wildman–Crippen LogP) is 2.11. The van der Waals surface area contributed by atoms with E-state index >= 15 is 0 Å². The van der Waals surface area contributed by atoms with Crippen molar-refractivity contribution < 1.29 is 4.74 Å². The van der Waals surface area contributed by atoms with Gasteiger partial charge in [-0.15, -0.1) is 0 Å². The first-order valence-corrected chi connectivity index (χ1v) is 5.14. The van der Waals surface area contributed by atoms with E-state index < -0.39 is 0 Å². The Hall–Kier alpha value is -1.22. The summed E-state index contributed by atoms with van der Waals surface area (Å²) in [6, 6.07) is 7.94. The summed E-state index contributed by atoms with van der Waals surface area (Å²) in [5.74, 6) is 0.883. The fraction of sp³-hybridized carbons (Fsp3) is 0.500. The average molecular weight is 208 g/mol. The van der Waals surface area contributed by atoms with Crippen molar-refractivity contribution in [3.8, 4) is 5.75 Å². The van der Waals surface area contributed by atoms with E-state index in [0.29, 0.717) is 0 Å². The van der Waals surface area contributed by atoms with E-state index in [0.717, 1.165) is 18.0 Å². The third kappa shape index (κ3) is 3.80. The van der Waals surface area contributed by atoms with Gasteiger partial charge in [-0.3, -0.25) is 0 Å². The lowest BCUT2D eigenvalue weighted by Gasteiger charge is -2.24. The van der Waals surface area contributed by atoms with Crippen LogP contribution in [0.3, 0.4) is 0 Å². The fourth-order valence-electron chi connectivity index (χ4n) is 1.12. The van der Waals surface area contributed by atoms with Gasteiger partial charge in [0.1, 0.15) is 5.75 Å². The normalized spacial score (nSPS) is 11.2. The molecule has 0 heterocycles. The van der Waals surface area contributed by atoms with Gasteiger partial charge in [-0.25, -0.2) is 0 Å². The zero-order valence-electron chi connectivity index (χ0n) is 9.92. The second kappa shape index (κ2) is 5.03. The number of benzene rings is 1. The molecular formula is C12H20N2O. The van der Waals surface area contributed by atoms with Crippen LogP contribution in [0.15, 0.2) is 24.3 Å². The Morgan fingerprint density at radius 3 is 2.27 bits per heavy atom. The van der Waals surface area contributed by atoms with Gasteiger partial charge in [-0.05, 0) is 45.2 Å². The molecule has 84 valence electrons. The molecule has 3 nitrogen and oxygen atoms in total. The third-order valence-corrected chi connectivity index (χ3v) is 2.50. The van der Waals surface area contributed by atoms with Gasteiger partial charge >= 0.3 is 0 Å². The van der Waals surface area contributed by atoms with Crippen LogP contribution in [0.25, 0.3) is 0 Å². The van der Waals surface area contributed by atoms with Gasteiger partial charge in [-0.2, -0.15) is 0 Å². The standard InChI is InChI=1S/C12H20N2O/c1-12(2,13-3)9-14-10-5-7-11(15-4)8-6-10/h5-8,13-14H,9H2,1-4H3. The maximum Gasteiger partial charge on any atom is 0.119 e. The number of likely N-dealkylation sites (N-methyl/N-ethyl adjacent to an activating group) is 1. The highest BCUT2D eigenvalue weighted by Crippen LogP contribution is 2.15. The minimum absolute atomic E-state index is 0.0972. The van der Waals surface area contributed by atoms with Crippen molar-refractivity contribution in [2.24, 2.45) is 0 Å². The Morgan fingerprint density at radius 2 is 1.80 bits per heavy atom. The van der Waals surface area contributed by atoms with Crippen molar-refractivity contribution in [3.63, 3.8) is 0 Å². The summed E-state index contributed by atoms with van der Waals surface area (Å²) < 4.78 is 5.10. The van der Waals surface area contributed by atoms with Crippen LogP contribution in [-0.2, 0) is 0 Å². The number of hydrogen-bond donors (Lipinski definition) is 2. The smallest absolute Gasteiger partial charge is 0.119 e. The Balaban J connectivity index is 2.51. The van der Waals surface area contributed by atoms with E-state index in [4.69, 9.17) is 4.74 Å². The first-order chi connectivity index (χ1) is 7.07. The lowest BCUT2D eigenvalue weighted by atomic mass is 10.1. The van der Waals surface area contributed by atoms with E-state index in [2.05, 4.69) is 24.5 Å². The molecule has 0 bridgehead atoms. The molecule has 0 radical (unpaired) electrons. The van der Waals surface area contributed by atoms with Crippen molar-refractivity contribution in [2.45, 2.75) is 19.4 Å². The highest BCUT2D eigenvalue weighted by atomic mass is 16.5. The summed E-state index contributed by atoms with van der Waals surface area (Å²) in [5, 5.41) is 6.62. The number of nitrogens with one attached hydrogen (secondary N) is 2. The van der Waals surface area contributed by atoms with E-state index in [-0.39, 0.29) is 5.54 Å². The van der Waals surface area contributed by atoms with Crippen molar-refractivity contribution in [3.05, 3.63) is 24.3 Å². The van der Waals surface area contributed by atoms with Gasteiger partial charge in [0.2, 0.25) is 0 Å². The maximum absolute atomic E-state index is 5.10. The van der Waals surface area contributed by atoms with Crippen LogP contribution >= 0.6 is 0 Å². The fourth-order valence-corrected chi connectivity index (χ4v) is 1.12. The molecular weight excluding hydrogens is 188 g/mol. The Labute approximate surface area is 91.8 Å². The quantitative estimate of drug-likeness (QED) is 0.777. The average Bonchev–Trinajstić information content (AvgIpc) is 2.27. The molecule has 0 aliphatic heterocycles. The zero-order valence-corrected chi connectivity index (χ0v) is 9.92. The maximum atomic E-state index is 5.10. The zero-order chi connectivity index (χ0) is 11.3. The number of anilines is 1. The molecule has 2 N–H and O–H groups in total. The van der Waals surface area contributed by atoms with Gasteiger partial charge in [0, 0.05) is 17.8 Å². The summed E-state index contributed by atoms with van der Waals surface area (Å²) in [6.07, 6.45) is 0. The van der Waals surface area contributed by atoms with Crippen molar-refractivity contribution >= 4 is 5.69 Å². The molecule has 0 amide bonds. The van der Waals surface area contributed by atoms with Gasteiger partial charge < -0.3 is 15.4 Å². The summed E-state index contributed by atoms with van der Waals surface area (Å²) in [5.41, 5.74) is 1.21. The molecule has 1 rings (SSSR count). The minimum Gasteiger partial charge on any atom is -0.497 e. The van der Waals surface area contributed by atoms with E-state index in [9.17, 15) is 0 Å². The first-order valence-electron chi connectivity index (χ1n) is 5.14. The van der Waals surface area contributed by atoms with Crippen LogP contribution in [0.2, 0.25) is 0 Å². The van der Waals surface area contributed by atoms with E-state index in [1.807, 2.05) is 31.3 Å². The summed E-state index contributed by atoms with van der Waals surface area (Å²) in [4.78, 5) is 0. The van der Waals surface area contributed by atoms with Gasteiger partial charge in [0.25, 0.3) is 0 Å². The molecule has 3 heteroatoms. The van der Waals surface area contributed by atoms with Crippen molar-refractivity contribution in [1.82, 2.24) is 5.32 Å². The molecule has 1 aromatic rings. The van der Waals surface area contributed by atoms with Crippen LogP contribution in [0.4, 0.5) is 5.69 Å². The van der Waals surface area contributed by atoms with Crippen LogP contribution in [-0.4, -0.2) is 26.2 Å². The van der Waals surface area contributed by atoms with Crippen LogP contribution in [0.1, 0.15) is 13.8 Å². The third-order valence-electron chi connectivity index (χ3n) is 2.50. The van der Waals surface area contributed by atoms with Crippen LogP contribution in [0, 0.1) is 0 Å². The molecule has 0 saturated carbocycles. The lowest BCUT2D eigenvalue weighted by Crippen LogP contribution is -2.42.